The van der Waals surface area contributed by atoms with E-state index in [-0.39, 0.29) is 0 Å². The van der Waals surface area contributed by atoms with Gasteiger partial charge < -0.3 is 5.09 Å². The van der Waals surface area contributed by atoms with Crippen LogP contribution in [-0.2, 0) is 23.6 Å². The van der Waals surface area contributed by atoms with Crippen LogP contribution in [0.3, 0.4) is 0 Å². The van der Waals surface area contributed by atoms with Crippen LogP contribution < -0.4 is 31.6 Å². The number of anilines is 1. The highest BCUT2D eigenvalue weighted by molar-refractivity contribution is 8.25. The highest BCUT2D eigenvalue weighted by Crippen LogP contribution is 2.46. The topological polar surface area (TPSA) is 12.0 Å². The Morgan fingerprint density at radius 3 is 1.20 bits per heavy atom. The van der Waals surface area contributed by atoms with Gasteiger partial charge in [0.05, 0.1) is 6.19 Å². The summed E-state index contributed by atoms with van der Waals surface area (Å²) in [6.07, 6.45) is -2.30. The molecule has 0 amide bonds. The maximum atomic E-state index is 6.56. The lowest BCUT2D eigenvalue weighted by atomic mass is 10.3. The molecule has 5 aromatic rings. The average Bonchev–Trinajstić information content (AvgIpc) is 2.94. The summed E-state index contributed by atoms with van der Waals surface area (Å²) in [6.45, 7) is 0. The summed E-state index contributed by atoms with van der Waals surface area (Å²) in [6, 6.07) is 48.2. The van der Waals surface area contributed by atoms with Crippen molar-refractivity contribution in [2.24, 2.45) is 0 Å². The molecule has 0 aliphatic heterocycles. The van der Waals surface area contributed by atoms with Crippen LogP contribution in [0.5, 0.6) is 0 Å². The van der Waals surface area contributed by atoms with Crippen molar-refractivity contribution in [2.45, 2.75) is 0 Å². The SMILES string of the molecule is S=P(Nc1cccc(P(=S)(c2ccccc2)c2ccccc2)c1)(c1ccccc1)c1ccccc1. The minimum absolute atomic E-state index is 1.000. The van der Waals surface area contributed by atoms with Crippen LogP contribution in [0.2, 0.25) is 0 Å². The van der Waals surface area contributed by atoms with Gasteiger partial charge in [-0.15, -0.1) is 0 Å². The van der Waals surface area contributed by atoms with E-state index >= 15 is 0 Å². The molecule has 0 unspecified atom stereocenters. The molecular formula is C30H25NP2S2. The van der Waals surface area contributed by atoms with Gasteiger partial charge in [-0.05, 0) is 28.0 Å². The van der Waals surface area contributed by atoms with Crippen molar-refractivity contribution in [2.75, 3.05) is 5.09 Å². The van der Waals surface area contributed by atoms with E-state index in [9.17, 15) is 0 Å². The molecule has 172 valence electrons. The van der Waals surface area contributed by atoms with Gasteiger partial charge in [-0.25, -0.2) is 0 Å². The van der Waals surface area contributed by atoms with E-state index in [1.54, 1.807) is 0 Å². The second-order valence-corrected chi connectivity index (χ2v) is 16.8. The first-order valence-electron chi connectivity index (χ1n) is 11.4. The molecule has 0 bridgehead atoms. The van der Waals surface area contributed by atoms with Gasteiger partial charge in [-0.3, -0.25) is 0 Å². The Bertz CT molecular complexity index is 1420. The predicted octanol–water partition coefficient (Wildman–Crippen LogP) is 5.90. The molecule has 0 fully saturated rings. The Kier molecular flexibility index (Phi) is 7.14. The minimum atomic E-state index is -2.30. The lowest BCUT2D eigenvalue weighted by Crippen LogP contribution is -2.25. The lowest BCUT2D eigenvalue weighted by molar-refractivity contribution is 1.69. The molecule has 0 aliphatic carbocycles. The number of hydrogen-bond donors (Lipinski definition) is 1. The van der Waals surface area contributed by atoms with Gasteiger partial charge >= 0.3 is 0 Å². The third-order valence-electron chi connectivity index (χ3n) is 5.98. The molecular weight excluding hydrogens is 500 g/mol. The fourth-order valence-electron chi connectivity index (χ4n) is 4.23. The Morgan fingerprint density at radius 2 is 0.771 bits per heavy atom. The summed E-state index contributed by atoms with van der Waals surface area (Å²) in [5, 5.41) is 9.59. The van der Waals surface area contributed by atoms with E-state index in [1.807, 2.05) is 24.3 Å². The van der Waals surface area contributed by atoms with Gasteiger partial charge in [0.25, 0.3) is 0 Å². The highest BCUT2D eigenvalue weighted by atomic mass is 32.4. The van der Waals surface area contributed by atoms with Gasteiger partial charge in [-0.1, -0.05) is 157 Å². The Labute approximate surface area is 218 Å². The van der Waals surface area contributed by atoms with Crippen LogP contribution in [0.25, 0.3) is 0 Å². The maximum Gasteiger partial charge on any atom is 0.0903 e. The summed E-state index contributed by atoms with van der Waals surface area (Å²) < 4.78 is 0. The Balaban J connectivity index is 1.63. The highest BCUT2D eigenvalue weighted by Gasteiger charge is 2.26. The standard InChI is InChI=1S/C30H25NP2S2/c34-32(26-15-5-1-6-16-26,27-17-7-2-8-18-27)30-23-13-14-25(24-30)31-33(35,28-19-9-3-10-20-28)29-21-11-4-12-22-29/h1-24H,(H,31,35). The first-order valence-corrected chi connectivity index (χ1v) is 17.0. The van der Waals surface area contributed by atoms with Crippen molar-refractivity contribution in [1.29, 1.82) is 0 Å². The third kappa shape index (κ3) is 4.83. The number of rotatable bonds is 7. The van der Waals surface area contributed by atoms with Gasteiger partial charge in [0.1, 0.15) is 0 Å². The van der Waals surface area contributed by atoms with Crippen LogP contribution in [0, 0.1) is 0 Å². The van der Waals surface area contributed by atoms with E-state index in [2.05, 4.69) is 126 Å². The molecule has 0 aromatic heterocycles. The van der Waals surface area contributed by atoms with E-state index in [4.69, 9.17) is 23.6 Å². The van der Waals surface area contributed by atoms with Crippen LogP contribution in [0.1, 0.15) is 0 Å². The third-order valence-corrected chi connectivity index (χ3v) is 15.1. The fraction of sp³-hybridized carbons (Fsp3) is 0. The summed E-state index contributed by atoms with van der Waals surface area (Å²) in [7, 11) is 0. The van der Waals surface area contributed by atoms with Gasteiger partial charge in [0.2, 0.25) is 0 Å². The smallest absolute Gasteiger partial charge is 0.0903 e. The molecule has 0 saturated heterocycles. The average molecular weight is 526 g/mol. The van der Waals surface area contributed by atoms with Crippen molar-refractivity contribution >= 4 is 68.1 Å². The zero-order chi connectivity index (χ0) is 24.1. The summed E-state index contributed by atoms with van der Waals surface area (Å²) in [5.74, 6) is 0. The predicted molar refractivity (Wildman–Crippen MR) is 163 cm³/mol. The van der Waals surface area contributed by atoms with Gasteiger partial charge in [0, 0.05) is 22.3 Å². The summed E-state index contributed by atoms with van der Waals surface area (Å²) >= 11 is 13.0. The van der Waals surface area contributed by atoms with E-state index in [1.165, 1.54) is 10.6 Å². The maximum absolute atomic E-state index is 6.56. The van der Waals surface area contributed by atoms with Crippen LogP contribution >= 0.6 is 12.2 Å². The van der Waals surface area contributed by atoms with Crippen LogP contribution in [-0.4, -0.2) is 0 Å². The van der Waals surface area contributed by atoms with E-state index < -0.39 is 12.2 Å². The number of nitrogens with one attached hydrogen (secondary N) is 1. The molecule has 1 nitrogen and oxygen atoms in total. The summed E-state index contributed by atoms with van der Waals surface area (Å²) in [5.41, 5.74) is 1.000. The van der Waals surface area contributed by atoms with Crippen LogP contribution in [0.15, 0.2) is 146 Å². The Hall–Kier alpha value is -2.80. The molecule has 0 spiro atoms. The van der Waals surface area contributed by atoms with Crippen LogP contribution in [0.4, 0.5) is 5.69 Å². The van der Waals surface area contributed by atoms with E-state index in [0.29, 0.717) is 0 Å². The quantitative estimate of drug-likeness (QED) is 0.266. The molecule has 0 atom stereocenters. The zero-order valence-corrected chi connectivity index (χ0v) is 22.5. The summed E-state index contributed by atoms with van der Waals surface area (Å²) in [4.78, 5) is 0. The first-order chi connectivity index (χ1) is 17.1. The monoisotopic (exact) mass is 525 g/mol. The van der Waals surface area contributed by atoms with Crippen molar-refractivity contribution in [1.82, 2.24) is 0 Å². The molecule has 5 aromatic carbocycles. The van der Waals surface area contributed by atoms with E-state index in [0.717, 1.165) is 21.6 Å². The van der Waals surface area contributed by atoms with Gasteiger partial charge in [0.15, 0.2) is 0 Å². The molecule has 0 heterocycles. The fourth-order valence-corrected chi connectivity index (χ4v) is 11.3. The number of benzene rings is 5. The van der Waals surface area contributed by atoms with Crippen molar-refractivity contribution in [3.63, 3.8) is 0 Å². The largest absolute Gasteiger partial charge is 0.351 e. The van der Waals surface area contributed by atoms with Crippen molar-refractivity contribution in [3.05, 3.63) is 146 Å². The van der Waals surface area contributed by atoms with Crippen molar-refractivity contribution < 1.29 is 0 Å². The first kappa shape index (κ1) is 23.9. The molecule has 35 heavy (non-hydrogen) atoms. The van der Waals surface area contributed by atoms with Crippen molar-refractivity contribution in [3.8, 4) is 0 Å². The second kappa shape index (κ2) is 10.4. The van der Waals surface area contributed by atoms with Gasteiger partial charge in [-0.2, -0.15) is 0 Å². The number of hydrogen-bond acceptors (Lipinski definition) is 2. The second-order valence-electron chi connectivity index (χ2n) is 8.22. The Morgan fingerprint density at radius 1 is 0.400 bits per heavy atom. The lowest BCUT2D eigenvalue weighted by Gasteiger charge is -2.28. The molecule has 1 N–H and O–H groups in total. The molecule has 0 aliphatic rings. The molecule has 5 rings (SSSR count). The molecule has 0 saturated carbocycles. The molecule has 5 heteroatoms. The zero-order valence-electron chi connectivity index (χ0n) is 19.1. The molecule has 0 radical (unpaired) electrons. The normalized spacial score (nSPS) is 11.7. The minimum Gasteiger partial charge on any atom is -0.351 e.